The van der Waals surface area contributed by atoms with Crippen molar-refractivity contribution in [1.29, 1.82) is 0 Å². The van der Waals surface area contributed by atoms with E-state index in [4.69, 9.17) is 16.3 Å². The maximum Gasteiger partial charge on any atom is 0.251 e. The number of hydrogen-bond donors (Lipinski definition) is 1. The molecule has 2 heterocycles. The summed E-state index contributed by atoms with van der Waals surface area (Å²) in [6, 6.07) is 5.53. The third-order valence-corrected chi connectivity index (χ3v) is 5.55. The number of ether oxygens (including phenoxy) is 1. The van der Waals surface area contributed by atoms with Crippen molar-refractivity contribution in [2.24, 2.45) is 0 Å². The lowest BCUT2D eigenvalue weighted by Gasteiger charge is -2.35. The Hall–Kier alpha value is -1.63. The van der Waals surface area contributed by atoms with Crippen LogP contribution >= 0.6 is 11.6 Å². The molecule has 1 aromatic rings. The van der Waals surface area contributed by atoms with Gasteiger partial charge in [0, 0.05) is 42.8 Å². The van der Waals surface area contributed by atoms with Gasteiger partial charge in [-0.05, 0) is 38.0 Å². The number of amides is 2. The first-order valence-electron chi connectivity index (χ1n) is 9.12. The number of carbonyl (C=O) groups excluding carboxylic acids is 2. The van der Waals surface area contributed by atoms with Crippen LogP contribution in [0.25, 0.3) is 0 Å². The molecule has 2 aliphatic rings. The number of halogens is 1. The van der Waals surface area contributed by atoms with Crippen molar-refractivity contribution in [3.63, 3.8) is 0 Å². The minimum absolute atomic E-state index is 0.0105. The first-order chi connectivity index (χ1) is 12.4. The predicted octanol–water partition coefficient (Wildman–Crippen LogP) is 1.70. The second-order valence-corrected chi connectivity index (χ2v) is 7.51. The van der Waals surface area contributed by atoms with Gasteiger partial charge >= 0.3 is 0 Å². The van der Waals surface area contributed by atoms with Crippen LogP contribution in [0, 0.1) is 6.92 Å². The summed E-state index contributed by atoms with van der Waals surface area (Å²) in [5.41, 5.74) is 1.38. The van der Waals surface area contributed by atoms with E-state index in [1.807, 2.05) is 11.8 Å². The molecule has 2 amide bonds. The standard InChI is InChI=1S/C19H26ClN3O3/c1-13-3-4-15(9-17(13)20)19(25)21-10-18(24)23-6-5-16(12-23)22-7-8-26-14(2)11-22/h3-4,9,14,16H,5-8,10-12H2,1-2H3,(H,21,25). The van der Waals surface area contributed by atoms with Crippen molar-refractivity contribution in [2.75, 3.05) is 39.3 Å². The van der Waals surface area contributed by atoms with E-state index >= 15 is 0 Å². The molecule has 0 bridgehead atoms. The number of benzene rings is 1. The third-order valence-electron chi connectivity index (χ3n) is 5.14. The first-order valence-corrected chi connectivity index (χ1v) is 9.49. The van der Waals surface area contributed by atoms with Gasteiger partial charge in [0.25, 0.3) is 5.91 Å². The fourth-order valence-corrected chi connectivity index (χ4v) is 3.73. The average molecular weight is 380 g/mol. The lowest BCUT2D eigenvalue weighted by Crippen LogP contribution is -2.48. The Balaban J connectivity index is 1.48. The number of hydrogen-bond acceptors (Lipinski definition) is 4. The smallest absolute Gasteiger partial charge is 0.251 e. The van der Waals surface area contributed by atoms with Gasteiger partial charge in [0.1, 0.15) is 0 Å². The van der Waals surface area contributed by atoms with E-state index < -0.39 is 0 Å². The van der Waals surface area contributed by atoms with Gasteiger partial charge in [-0.1, -0.05) is 17.7 Å². The Bertz CT molecular complexity index is 682. The number of morpholine rings is 1. The molecule has 1 N–H and O–H groups in total. The normalized spacial score (nSPS) is 23.9. The summed E-state index contributed by atoms with van der Waals surface area (Å²) in [5.74, 6) is -0.321. The van der Waals surface area contributed by atoms with Crippen LogP contribution in [0.4, 0.5) is 0 Å². The quantitative estimate of drug-likeness (QED) is 0.865. The molecule has 2 fully saturated rings. The van der Waals surface area contributed by atoms with Crippen molar-refractivity contribution >= 4 is 23.4 Å². The molecule has 1 aromatic carbocycles. The fourth-order valence-electron chi connectivity index (χ4n) is 3.55. The number of nitrogens with zero attached hydrogens (tertiary/aromatic N) is 2. The summed E-state index contributed by atoms with van der Waals surface area (Å²) in [5, 5.41) is 3.25. The van der Waals surface area contributed by atoms with E-state index in [9.17, 15) is 9.59 Å². The molecule has 0 aliphatic carbocycles. The minimum atomic E-state index is -0.280. The predicted molar refractivity (Wildman–Crippen MR) is 100 cm³/mol. The Morgan fingerprint density at radius 2 is 2.12 bits per heavy atom. The molecule has 2 saturated heterocycles. The number of rotatable bonds is 4. The molecule has 2 atom stereocenters. The second-order valence-electron chi connectivity index (χ2n) is 7.11. The SMILES string of the molecule is Cc1ccc(C(=O)NCC(=O)N2CCC(N3CCOC(C)C3)C2)cc1Cl. The molecule has 3 rings (SSSR count). The molecular formula is C19H26ClN3O3. The van der Waals surface area contributed by atoms with Crippen molar-refractivity contribution in [3.8, 4) is 0 Å². The second kappa shape index (κ2) is 8.37. The van der Waals surface area contributed by atoms with Crippen molar-refractivity contribution in [3.05, 3.63) is 34.3 Å². The van der Waals surface area contributed by atoms with Crippen LogP contribution in [0.2, 0.25) is 5.02 Å². The van der Waals surface area contributed by atoms with Gasteiger partial charge in [-0.3, -0.25) is 14.5 Å². The van der Waals surface area contributed by atoms with Gasteiger partial charge in [0.2, 0.25) is 5.91 Å². The fraction of sp³-hybridized carbons (Fsp3) is 0.579. The van der Waals surface area contributed by atoms with E-state index in [-0.39, 0.29) is 24.5 Å². The molecule has 2 aliphatic heterocycles. The van der Waals surface area contributed by atoms with Crippen molar-refractivity contribution in [1.82, 2.24) is 15.1 Å². The van der Waals surface area contributed by atoms with E-state index in [2.05, 4.69) is 17.1 Å². The Morgan fingerprint density at radius 3 is 2.85 bits per heavy atom. The zero-order valence-corrected chi connectivity index (χ0v) is 16.1. The highest BCUT2D eigenvalue weighted by molar-refractivity contribution is 6.31. The summed E-state index contributed by atoms with van der Waals surface area (Å²) < 4.78 is 5.59. The lowest BCUT2D eigenvalue weighted by molar-refractivity contribution is -0.129. The van der Waals surface area contributed by atoms with E-state index in [1.165, 1.54) is 0 Å². The monoisotopic (exact) mass is 379 g/mol. The van der Waals surface area contributed by atoms with Crippen LogP contribution in [0.3, 0.4) is 0 Å². The number of nitrogens with one attached hydrogen (secondary N) is 1. The van der Waals surface area contributed by atoms with E-state index in [0.29, 0.717) is 16.6 Å². The van der Waals surface area contributed by atoms with Gasteiger partial charge in [0.15, 0.2) is 0 Å². The van der Waals surface area contributed by atoms with Gasteiger partial charge in [-0.2, -0.15) is 0 Å². The average Bonchev–Trinajstić information content (AvgIpc) is 3.12. The summed E-state index contributed by atoms with van der Waals surface area (Å²) in [6.07, 6.45) is 1.22. The molecule has 0 aromatic heterocycles. The highest BCUT2D eigenvalue weighted by Crippen LogP contribution is 2.19. The molecule has 0 saturated carbocycles. The molecule has 6 nitrogen and oxygen atoms in total. The van der Waals surface area contributed by atoms with Gasteiger partial charge in [0.05, 0.1) is 19.3 Å². The van der Waals surface area contributed by atoms with Gasteiger partial charge in [-0.15, -0.1) is 0 Å². The van der Waals surface area contributed by atoms with Gasteiger partial charge < -0.3 is 15.0 Å². The molecule has 0 spiro atoms. The summed E-state index contributed by atoms with van der Waals surface area (Å²) in [6.45, 7) is 8.01. The highest BCUT2D eigenvalue weighted by Gasteiger charge is 2.32. The first kappa shape index (κ1) is 19.1. The summed E-state index contributed by atoms with van der Waals surface area (Å²) >= 11 is 6.06. The van der Waals surface area contributed by atoms with Crippen LogP contribution in [0.15, 0.2) is 18.2 Å². The van der Waals surface area contributed by atoms with Gasteiger partial charge in [-0.25, -0.2) is 0 Å². The van der Waals surface area contributed by atoms with Crippen molar-refractivity contribution < 1.29 is 14.3 Å². The number of carbonyl (C=O) groups is 2. The Morgan fingerprint density at radius 1 is 1.31 bits per heavy atom. The minimum Gasteiger partial charge on any atom is -0.376 e. The lowest BCUT2D eigenvalue weighted by atomic mass is 10.1. The topological polar surface area (TPSA) is 61.9 Å². The van der Waals surface area contributed by atoms with Crippen LogP contribution in [0.1, 0.15) is 29.3 Å². The Kier molecular flexibility index (Phi) is 6.16. The Labute approximate surface area is 159 Å². The maximum atomic E-state index is 12.4. The molecule has 7 heteroatoms. The van der Waals surface area contributed by atoms with Crippen LogP contribution < -0.4 is 5.32 Å². The molecule has 26 heavy (non-hydrogen) atoms. The summed E-state index contributed by atoms with van der Waals surface area (Å²) in [4.78, 5) is 28.9. The molecular weight excluding hydrogens is 354 g/mol. The summed E-state index contributed by atoms with van der Waals surface area (Å²) in [7, 11) is 0. The third kappa shape index (κ3) is 4.55. The zero-order valence-electron chi connectivity index (χ0n) is 15.3. The number of likely N-dealkylation sites (tertiary alicyclic amines) is 1. The zero-order chi connectivity index (χ0) is 18.7. The highest BCUT2D eigenvalue weighted by atomic mass is 35.5. The van der Waals surface area contributed by atoms with Crippen LogP contribution in [-0.2, 0) is 9.53 Å². The number of aryl methyl sites for hydroxylation is 1. The molecule has 0 radical (unpaired) electrons. The largest absolute Gasteiger partial charge is 0.376 e. The van der Waals surface area contributed by atoms with Crippen LogP contribution in [-0.4, -0.2) is 73.1 Å². The maximum absolute atomic E-state index is 12.4. The van der Waals surface area contributed by atoms with E-state index in [0.717, 1.165) is 44.8 Å². The molecule has 2 unspecified atom stereocenters. The van der Waals surface area contributed by atoms with E-state index in [1.54, 1.807) is 18.2 Å². The molecule has 142 valence electrons. The van der Waals surface area contributed by atoms with Crippen molar-refractivity contribution in [2.45, 2.75) is 32.4 Å². The van der Waals surface area contributed by atoms with Crippen LogP contribution in [0.5, 0.6) is 0 Å².